The predicted molar refractivity (Wildman–Crippen MR) is 84.1 cm³/mol. The van der Waals surface area contributed by atoms with E-state index in [1.807, 2.05) is 18.3 Å². The summed E-state index contributed by atoms with van der Waals surface area (Å²) in [5.74, 6) is 1.75. The number of nitrogens with two attached hydrogens (primary N) is 1. The molecule has 4 heteroatoms. The minimum absolute atomic E-state index is 0.273. The fourth-order valence-corrected chi connectivity index (χ4v) is 2.40. The molecule has 2 rings (SSSR count). The summed E-state index contributed by atoms with van der Waals surface area (Å²) in [4.78, 5) is 6.79. The quantitative estimate of drug-likeness (QED) is 0.849. The van der Waals surface area contributed by atoms with E-state index < -0.39 is 0 Å². The maximum absolute atomic E-state index is 9.73. The van der Waals surface area contributed by atoms with Crippen molar-refractivity contribution in [1.29, 1.82) is 0 Å². The van der Waals surface area contributed by atoms with E-state index >= 15 is 0 Å². The van der Waals surface area contributed by atoms with Crippen molar-refractivity contribution in [2.24, 2.45) is 11.7 Å². The highest BCUT2D eigenvalue weighted by atomic mass is 16.3. The van der Waals surface area contributed by atoms with Crippen molar-refractivity contribution in [3.05, 3.63) is 30.5 Å². The Morgan fingerprint density at radius 2 is 2.10 bits per heavy atom. The van der Waals surface area contributed by atoms with Crippen molar-refractivity contribution in [1.82, 2.24) is 4.98 Å². The van der Waals surface area contributed by atoms with Gasteiger partial charge < -0.3 is 15.7 Å². The molecule has 0 atom stereocenters. The van der Waals surface area contributed by atoms with E-state index in [0.29, 0.717) is 12.5 Å². The zero-order valence-electron chi connectivity index (χ0n) is 12.2. The van der Waals surface area contributed by atoms with Gasteiger partial charge in [-0.3, -0.25) is 0 Å². The lowest BCUT2D eigenvalue weighted by Crippen LogP contribution is -2.30. The summed E-state index contributed by atoms with van der Waals surface area (Å²) < 4.78 is 0. The van der Waals surface area contributed by atoms with Crippen LogP contribution in [0, 0.1) is 5.92 Å². The normalized spacial score (nSPS) is 11.2. The number of fused-ring (bicyclic) bond motifs is 1. The van der Waals surface area contributed by atoms with Crippen molar-refractivity contribution in [2.45, 2.75) is 20.3 Å². The van der Waals surface area contributed by atoms with Gasteiger partial charge in [0.2, 0.25) is 0 Å². The van der Waals surface area contributed by atoms with Crippen LogP contribution in [0.5, 0.6) is 5.75 Å². The molecule has 108 valence electrons. The van der Waals surface area contributed by atoms with Gasteiger partial charge in [0.25, 0.3) is 0 Å². The summed E-state index contributed by atoms with van der Waals surface area (Å²) in [7, 11) is 0. The number of hydrogen-bond acceptors (Lipinski definition) is 4. The lowest BCUT2D eigenvalue weighted by atomic mass is 10.1. The number of rotatable bonds is 6. The van der Waals surface area contributed by atoms with Crippen LogP contribution in [-0.2, 0) is 0 Å². The number of phenols is 1. The Balaban J connectivity index is 2.43. The third-order valence-corrected chi connectivity index (χ3v) is 3.25. The molecule has 1 aromatic carbocycles. The summed E-state index contributed by atoms with van der Waals surface area (Å²) in [6.07, 6.45) is 2.76. The van der Waals surface area contributed by atoms with Gasteiger partial charge in [0, 0.05) is 24.7 Å². The number of pyridine rings is 1. The molecular formula is C16H23N3O. The van der Waals surface area contributed by atoms with Gasteiger partial charge in [-0.2, -0.15) is 0 Å². The molecular weight excluding hydrogens is 250 g/mol. The first-order valence-corrected chi connectivity index (χ1v) is 7.14. The van der Waals surface area contributed by atoms with Gasteiger partial charge in [-0.05, 0) is 42.5 Å². The number of aromatic nitrogens is 1. The van der Waals surface area contributed by atoms with Crippen LogP contribution in [0.4, 0.5) is 5.82 Å². The summed E-state index contributed by atoms with van der Waals surface area (Å²) in [5, 5.41) is 11.8. The first-order valence-electron chi connectivity index (χ1n) is 7.14. The summed E-state index contributed by atoms with van der Waals surface area (Å²) >= 11 is 0. The molecule has 0 aliphatic rings. The third-order valence-electron chi connectivity index (χ3n) is 3.25. The second kappa shape index (κ2) is 6.57. The van der Waals surface area contributed by atoms with Crippen molar-refractivity contribution in [3.63, 3.8) is 0 Å². The van der Waals surface area contributed by atoms with Gasteiger partial charge in [0.15, 0.2) is 0 Å². The number of hydrogen-bond donors (Lipinski definition) is 2. The molecule has 4 nitrogen and oxygen atoms in total. The van der Waals surface area contributed by atoms with E-state index in [2.05, 4.69) is 23.7 Å². The molecule has 0 fully saturated rings. The molecule has 0 aliphatic carbocycles. The summed E-state index contributed by atoms with van der Waals surface area (Å²) in [6, 6.07) is 7.38. The average molecular weight is 273 g/mol. The first kappa shape index (κ1) is 14.6. The Morgan fingerprint density at radius 1 is 1.30 bits per heavy atom. The number of anilines is 1. The Kier molecular flexibility index (Phi) is 4.79. The maximum atomic E-state index is 9.73. The second-order valence-corrected chi connectivity index (χ2v) is 5.52. The molecule has 2 aromatic rings. The van der Waals surface area contributed by atoms with E-state index in [9.17, 15) is 5.11 Å². The minimum Gasteiger partial charge on any atom is -0.508 e. The lowest BCUT2D eigenvalue weighted by molar-refractivity contribution is 0.476. The van der Waals surface area contributed by atoms with Gasteiger partial charge in [0.05, 0.1) is 0 Å². The Bertz CT molecular complexity index is 569. The van der Waals surface area contributed by atoms with Crippen LogP contribution in [-0.4, -0.2) is 29.7 Å². The minimum atomic E-state index is 0.273. The van der Waals surface area contributed by atoms with E-state index in [-0.39, 0.29) is 5.75 Å². The number of nitrogens with zero attached hydrogens (tertiary/aromatic N) is 2. The lowest BCUT2D eigenvalue weighted by Gasteiger charge is -2.26. The molecule has 1 heterocycles. The van der Waals surface area contributed by atoms with Crippen LogP contribution >= 0.6 is 0 Å². The third kappa shape index (κ3) is 3.39. The maximum Gasteiger partial charge on any atom is 0.136 e. The molecule has 0 amide bonds. The SMILES string of the molecule is CC(C)CN(CCCN)c1nccc2ccc(O)cc12. The summed E-state index contributed by atoms with van der Waals surface area (Å²) in [5.41, 5.74) is 5.64. The van der Waals surface area contributed by atoms with Gasteiger partial charge in [-0.1, -0.05) is 19.9 Å². The highest BCUT2D eigenvalue weighted by Crippen LogP contribution is 2.28. The topological polar surface area (TPSA) is 62.4 Å². The zero-order chi connectivity index (χ0) is 14.5. The molecule has 20 heavy (non-hydrogen) atoms. The number of benzene rings is 1. The van der Waals surface area contributed by atoms with Crippen molar-refractivity contribution < 1.29 is 5.11 Å². The number of phenolic OH excluding ortho intramolecular Hbond substituents is 1. The van der Waals surface area contributed by atoms with E-state index in [1.165, 1.54) is 0 Å². The molecule has 3 N–H and O–H groups in total. The van der Waals surface area contributed by atoms with Crippen LogP contribution in [0.3, 0.4) is 0 Å². The highest BCUT2D eigenvalue weighted by molar-refractivity contribution is 5.93. The zero-order valence-corrected chi connectivity index (χ0v) is 12.2. The second-order valence-electron chi connectivity index (χ2n) is 5.52. The van der Waals surface area contributed by atoms with Crippen LogP contribution in [0.2, 0.25) is 0 Å². The predicted octanol–water partition coefficient (Wildman–Crippen LogP) is 2.75. The van der Waals surface area contributed by atoms with Gasteiger partial charge in [-0.15, -0.1) is 0 Å². The molecule has 0 aliphatic heterocycles. The molecule has 0 spiro atoms. The Hall–Kier alpha value is -1.81. The molecule has 0 unspecified atom stereocenters. The monoisotopic (exact) mass is 273 g/mol. The molecule has 1 aromatic heterocycles. The largest absolute Gasteiger partial charge is 0.508 e. The van der Waals surface area contributed by atoms with E-state index in [4.69, 9.17) is 5.73 Å². The molecule has 0 radical (unpaired) electrons. The Morgan fingerprint density at radius 3 is 2.80 bits per heavy atom. The highest BCUT2D eigenvalue weighted by Gasteiger charge is 2.13. The van der Waals surface area contributed by atoms with Crippen molar-refractivity contribution in [2.75, 3.05) is 24.5 Å². The number of aromatic hydroxyl groups is 1. The Labute approximate surface area is 120 Å². The van der Waals surface area contributed by atoms with Crippen LogP contribution in [0.15, 0.2) is 30.5 Å². The average Bonchev–Trinajstić information content (AvgIpc) is 2.42. The van der Waals surface area contributed by atoms with E-state index in [1.54, 1.807) is 12.1 Å². The standard InChI is InChI=1S/C16H23N3O/c1-12(2)11-19(9-3-7-17)16-15-10-14(20)5-4-13(15)6-8-18-16/h4-6,8,10,12,20H,3,7,9,11,17H2,1-2H3. The molecule has 0 bridgehead atoms. The smallest absolute Gasteiger partial charge is 0.136 e. The van der Waals surface area contributed by atoms with Crippen molar-refractivity contribution >= 4 is 16.6 Å². The molecule has 0 saturated carbocycles. The fraction of sp³-hybridized carbons (Fsp3) is 0.438. The van der Waals surface area contributed by atoms with Gasteiger partial charge >= 0.3 is 0 Å². The van der Waals surface area contributed by atoms with Gasteiger partial charge in [0.1, 0.15) is 11.6 Å². The first-order chi connectivity index (χ1) is 9.61. The fourth-order valence-electron chi connectivity index (χ4n) is 2.40. The molecule has 0 saturated heterocycles. The van der Waals surface area contributed by atoms with Crippen LogP contribution in [0.25, 0.3) is 10.8 Å². The van der Waals surface area contributed by atoms with E-state index in [0.717, 1.165) is 36.1 Å². The van der Waals surface area contributed by atoms with Crippen LogP contribution in [0.1, 0.15) is 20.3 Å². The summed E-state index contributed by atoms with van der Waals surface area (Å²) in [6.45, 7) is 6.87. The van der Waals surface area contributed by atoms with Crippen LogP contribution < -0.4 is 10.6 Å². The van der Waals surface area contributed by atoms with Gasteiger partial charge in [-0.25, -0.2) is 4.98 Å². The van der Waals surface area contributed by atoms with Crippen molar-refractivity contribution in [3.8, 4) is 5.75 Å².